The number of carboxylic acid groups (broad SMARTS) is 1. The summed E-state index contributed by atoms with van der Waals surface area (Å²) in [5.41, 5.74) is 0. The molecule has 0 aliphatic heterocycles. The summed E-state index contributed by atoms with van der Waals surface area (Å²) in [5, 5.41) is 16.2. The highest BCUT2D eigenvalue weighted by molar-refractivity contribution is 5.86. The van der Waals surface area contributed by atoms with Gasteiger partial charge in [-0.3, -0.25) is 4.79 Å². The van der Waals surface area contributed by atoms with Crippen LogP contribution in [0.5, 0.6) is 0 Å². The summed E-state index contributed by atoms with van der Waals surface area (Å²) in [6.45, 7) is 7.65. The third-order valence-corrected chi connectivity index (χ3v) is 2.34. The van der Waals surface area contributed by atoms with Crippen LogP contribution < -0.4 is 16.0 Å². The van der Waals surface area contributed by atoms with E-state index >= 15 is 0 Å². The summed E-state index contributed by atoms with van der Waals surface area (Å²) in [4.78, 5) is 33.6. The first-order valence-electron chi connectivity index (χ1n) is 6.27. The van der Waals surface area contributed by atoms with Crippen molar-refractivity contribution in [2.45, 2.75) is 33.7 Å². The van der Waals surface area contributed by atoms with Crippen molar-refractivity contribution in [3.63, 3.8) is 0 Å². The molecule has 110 valence electrons. The van der Waals surface area contributed by atoms with E-state index in [4.69, 9.17) is 5.11 Å². The molecule has 0 bridgehead atoms. The van der Waals surface area contributed by atoms with E-state index in [1.54, 1.807) is 13.8 Å². The minimum absolute atomic E-state index is 0.178. The molecule has 0 spiro atoms. The van der Waals surface area contributed by atoms with Gasteiger partial charge in [-0.15, -0.1) is 0 Å². The normalized spacial score (nSPS) is 12.1. The van der Waals surface area contributed by atoms with E-state index in [2.05, 4.69) is 16.0 Å². The van der Waals surface area contributed by atoms with Gasteiger partial charge in [-0.25, -0.2) is 9.59 Å². The Morgan fingerprint density at radius 2 is 1.63 bits per heavy atom. The third-order valence-electron chi connectivity index (χ3n) is 2.34. The smallest absolute Gasteiger partial charge is 0.326 e. The van der Waals surface area contributed by atoms with E-state index in [0.717, 1.165) is 0 Å². The Kier molecular flexibility index (Phi) is 7.55. The highest BCUT2D eigenvalue weighted by atomic mass is 16.4. The lowest BCUT2D eigenvalue weighted by molar-refractivity contribution is -0.140. The molecule has 0 aliphatic carbocycles. The molecule has 0 saturated heterocycles. The van der Waals surface area contributed by atoms with Crippen LogP contribution in [0.25, 0.3) is 0 Å². The van der Waals surface area contributed by atoms with Gasteiger partial charge < -0.3 is 21.1 Å². The van der Waals surface area contributed by atoms with Crippen LogP contribution in [0.15, 0.2) is 0 Å². The lowest BCUT2D eigenvalue weighted by Crippen LogP contribution is -2.50. The molecule has 3 amide bonds. The molecule has 0 aromatic rings. The fourth-order valence-corrected chi connectivity index (χ4v) is 1.25. The minimum Gasteiger partial charge on any atom is -0.480 e. The number of nitrogens with one attached hydrogen (secondary N) is 3. The highest BCUT2D eigenvalue weighted by Gasteiger charge is 2.23. The van der Waals surface area contributed by atoms with Crippen molar-refractivity contribution in [1.29, 1.82) is 0 Å². The van der Waals surface area contributed by atoms with Crippen LogP contribution in [0.3, 0.4) is 0 Å². The Morgan fingerprint density at radius 3 is 2.05 bits per heavy atom. The van der Waals surface area contributed by atoms with Gasteiger partial charge in [-0.05, 0) is 11.8 Å². The Hall–Kier alpha value is -1.79. The van der Waals surface area contributed by atoms with Crippen LogP contribution in [-0.4, -0.2) is 42.1 Å². The van der Waals surface area contributed by atoms with Gasteiger partial charge in [0.25, 0.3) is 0 Å². The van der Waals surface area contributed by atoms with Crippen molar-refractivity contribution < 1.29 is 19.5 Å². The average molecular weight is 273 g/mol. The maximum atomic E-state index is 11.4. The minimum atomic E-state index is -1.10. The second kappa shape index (κ2) is 8.34. The molecule has 0 saturated carbocycles. The summed E-state index contributed by atoms with van der Waals surface area (Å²) in [7, 11) is 0. The fourth-order valence-electron chi connectivity index (χ4n) is 1.25. The molecule has 7 nitrogen and oxygen atoms in total. The first kappa shape index (κ1) is 17.2. The van der Waals surface area contributed by atoms with Crippen LogP contribution in [-0.2, 0) is 9.59 Å². The molecular formula is C12H23N3O4. The van der Waals surface area contributed by atoms with E-state index in [-0.39, 0.29) is 18.4 Å². The number of carboxylic acids is 1. The number of rotatable bonds is 7. The van der Waals surface area contributed by atoms with Crippen LogP contribution in [0, 0.1) is 11.8 Å². The molecule has 19 heavy (non-hydrogen) atoms. The standard InChI is InChI=1S/C12H23N3O4/c1-7(2)5-13-9(16)6-14-12(19)15-10(8(3)4)11(17)18/h7-8,10H,5-6H2,1-4H3,(H,13,16)(H,17,18)(H2,14,15,19). The Morgan fingerprint density at radius 1 is 1.05 bits per heavy atom. The molecule has 1 atom stereocenters. The predicted molar refractivity (Wildman–Crippen MR) is 70.6 cm³/mol. The van der Waals surface area contributed by atoms with Gasteiger partial charge in [-0.1, -0.05) is 27.7 Å². The zero-order chi connectivity index (χ0) is 15.0. The Balaban J connectivity index is 4.04. The van der Waals surface area contributed by atoms with Crippen molar-refractivity contribution in [3.8, 4) is 0 Å². The van der Waals surface area contributed by atoms with Gasteiger partial charge in [0.05, 0.1) is 6.54 Å². The number of urea groups is 1. The van der Waals surface area contributed by atoms with Crippen LogP contribution >= 0.6 is 0 Å². The van der Waals surface area contributed by atoms with E-state index in [9.17, 15) is 14.4 Å². The fraction of sp³-hybridized carbons (Fsp3) is 0.750. The molecule has 1 unspecified atom stereocenters. The molecule has 0 aliphatic rings. The molecule has 0 rings (SSSR count). The summed E-state index contributed by atoms with van der Waals surface area (Å²) in [5.74, 6) is -1.32. The summed E-state index contributed by atoms with van der Waals surface area (Å²) < 4.78 is 0. The van der Waals surface area contributed by atoms with Crippen LogP contribution in [0.4, 0.5) is 4.79 Å². The average Bonchev–Trinajstić information content (AvgIpc) is 2.29. The summed E-state index contributed by atoms with van der Waals surface area (Å²) >= 11 is 0. The molecule has 0 aromatic carbocycles. The first-order chi connectivity index (χ1) is 8.73. The number of carbonyl (C=O) groups is 3. The second-order valence-corrected chi connectivity index (χ2v) is 5.08. The Bertz CT molecular complexity index is 329. The van der Waals surface area contributed by atoms with Crippen molar-refractivity contribution >= 4 is 17.9 Å². The molecule has 0 fully saturated rings. The number of hydrogen-bond acceptors (Lipinski definition) is 3. The molecule has 4 N–H and O–H groups in total. The monoisotopic (exact) mass is 273 g/mol. The quantitative estimate of drug-likeness (QED) is 0.530. The summed E-state index contributed by atoms with van der Waals surface area (Å²) in [6, 6.07) is -1.64. The maximum absolute atomic E-state index is 11.4. The van der Waals surface area contributed by atoms with Gasteiger partial charge in [0.1, 0.15) is 6.04 Å². The van der Waals surface area contributed by atoms with Gasteiger partial charge in [-0.2, -0.15) is 0 Å². The van der Waals surface area contributed by atoms with Gasteiger partial charge >= 0.3 is 12.0 Å². The van der Waals surface area contributed by atoms with E-state index in [1.165, 1.54) is 0 Å². The van der Waals surface area contributed by atoms with Crippen LogP contribution in [0.1, 0.15) is 27.7 Å². The largest absolute Gasteiger partial charge is 0.480 e. The van der Waals surface area contributed by atoms with Crippen molar-refractivity contribution in [2.75, 3.05) is 13.1 Å². The lowest BCUT2D eigenvalue weighted by atomic mass is 10.1. The molecule has 0 aromatic heterocycles. The Labute approximate surface area is 113 Å². The SMILES string of the molecule is CC(C)CNC(=O)CNC(=O)NC(C(=O)O)C(C)C. The number of aliphatic carboxylic acids is 1. The van der Waals surface area contributed by atoms with Crippen molar-refractivity contribution in [1.82, 2.24) is 16.0 Å². The molecular weight excluding hydrogens is 250 g/mol. The molecule has 7 heteroatoms. The number of amides is 3. The van der Waals surface area contributed by atoms with Crippen molar-refractivity contribution in [2.24, 2.45) is 11.8 Å². The topological polar surface area (TPSA) is 108 Å². The van der Waals surface area contributed by atoms with E-state index in [1.807, 2.05) is 13.8 Å². The zero-order valence-electron chi connectivity index (χ0n) is 11.8. The zero-order valence-corrected chi connectivity index (χ0v) is 11.8. The van der Waals surface area contributed by atoms with Crippen LogP contribution in [0.2, 0.25) is 0 Å². The number of hydrogen-bond donors (Lipinski definition) is 4. The van der Waals surface area contributed by atoms with Crippen molar-refractivity contribution in [3.05, 3.63) is 0 Å². The van der Waals surface area contributed by atoms with E-state index in [0.29, 0.717) is 12.5 Å². The second-order valence-electron chi connectivity index (χ2n) is 5.08. The molecule has 0 heterocycles. The first-order valence-corrected chi connectivity index (χ1v) is 6.27. The van der Waals surface area contributed by atoms with Gasteiger partial charge in [0.2, 0.25) is 5.91 Å². The van der Waals surface area contributed by atoms with Gasteiger partial charge in [0.15, 0.2) is 0 Å². The highest BCUT2D eigenvalue weighted by Crippen LogP contribution is 2.00. The van der Waals surface area contributed by atoms with E-state index < -0.39 is 18.0 Å². The lowest BCUT2D eigenvalue weighted by Gasteiger charge is -2.18. The molecule has 0 radical (unpaired) electrons. The number of carbonyl (C=O) groups excluding carboxylic acids is 2. The maximum Gasteiger partial charge on any atom is 0.326 e. The third kappa shape index (κ3) is 8.01. The summed E-state index contributed by atoms with van der Waals surface area (Å²) in [6.07, 6.45) is 0. The van der Waals surface area contributed by atoms with Gasteiger partial charge in [0, 0.05) is 6.54 Å². The predicted octanol–water partition coefficient (Wildman–Crippen LogP) is 0.167.